The first-order chi connectivity index (χ1) is 10.4. The highest BCUT2D eigenvalue weighted by Crippen LogP contribution is 2.28. The van der Waals surface area contributed by atoms with Crippen LogP contribution in [-0.2, 0) is 0 Å². The Balaban J connectivity index is 1.73. The molecular weight excluding hydrogens is 256 g/mol. The summed E-state index contributed by atoms with van der Waals surface area (Å²) in [6.45, 7) is 5.78. The molecule has 0 saturated carbocycles. The van der Waals surface area contributed by atoms with Gasteiger partial charge in [-0.2, -0.15) is 0 Å². The number of hydrogen-bond acceptors (Lipinski definition) is 2. The molecule has 1 aliphatic rings. The summed E-state index contributed by atoms with van der Waals surface area (Å²) in [7, 11) is 0. The van der Waals surface area contributed by atoms with Crippen molar-refractivity contribution in [2.45, 2.75) is 12.3 Å². The van der Waals surface area contributed by atoms with Gasteiger partial charge in [0.25, 0.3) is 0 Å². The quantitative estimate of drug-likeness (QED) is 0.905. The van der Waals surface area contributed by atoms with Crippen molar-refractivity contribution in [3.63, 3.8) is 0 Å². The Kier molecular flexibility index (Phi) is 5.03. The summed E-state index contributed by atoms with van der Waals surface area (Å²) in [4.78, 5) is 2.58. The molecule has 1 fully saturated rings. The minimum atomic E-state index is 0.502. The summed E-state index contributed by atoms with van der Waals surface area (Å²) >= 11 is 0. The van der Waals surface area contributed by atoms with Gasteiger partial charge in [-0.3, -0.25) is 0 Å². The number of nitrogens with zero attached hydrogens (tertiary/aromatic N) is 1. The number of rotatable bonds is 5. The van der Waals surface area contributed by atoms with Crippen molar-refractivity contribution in [1.29, 1.82) is 0 Å². The number of benzene rings is 2. The van der Waals surface area contributed by atoms with Crippen LogP contribution >= 0.6 is 0 Å². The van der Waals surface area contributed by atoms with E-state index in [9.17, 15) is 0 Å². The molecule has 2 aromatic carbocycles. The molecule has 0 bridgehead atoms. The van der Waals surface area contributed by atoms with Crippen LogP contribution in [0.25, 0.3) is 0 Å². The van der Waals surface area contributed by atoms with Gasteiger partial charge in [0.15, 0.2) is 0 Å². The smallest absolute Gasteiger partial charge is 0.0107 e. The Morgan fingerprint density at radius 1 is 0.810 bits per heavy atom. The molecule has 3 rings (SSSR count). The topological polar surface area (TPSA) is 15.3 Å². The van der Waals surface area contributed by atoms with Crippen LogP contribution in [0.2, 0.25) is 0 Å². The SMILES string of the molecule is c1ccc(C(CCN2CCNCC2)c2ccccc2)cc1. The van der Waals surface area contributed by atoms with E-state index in [1.807, 2.05) is 0 Å². The minimum absolute atomic E-state index is 0.502. The fraction of sp³-hybridized carbons (Fsp3) is 0.368. The summed E-state index contributed by atoms with van der Waals surface area (Å²) in [5.74, 6) is 0.502. The first-order valence-electron chi connectivity index (χ1n) is 7.96. The van der Waals surface area contributed by atoms with E-state index in [1.54, 1.807) is 0 Å². The van der Waals surface area contributed by atoms with Crippen molar-refractivity contribution in [3.05, 3.63) is 71.8 Å². The number of nitrogens with one attached hydrogen (secondary N) is 1. The second-order valence-corrected chi connectivity index (χ2v) is 5.75. The maximum absolute atomic E-state index is 3.42. The van der Waals surface area contributed by atoms with Crippen LogP contribution in [0.1, 0.15) is 23.5 Å². The van der Waals surface area contributed by atoms with Gasteiger partial charge in [0.2, 0.25) is 0 Å². The average molecular weight is 280 g/mol. The predicted molar refractivity (Wildman–Crippen MR) is 88.7 cm³/mol. The Bertz CT molecular complexity index is 478. The molecule has 2 aromatic rings. The predicted octanol–water partition coefficient (Wildman–Crippen LogP) is 3.11. The van der Waals surface area contributed by atoms with Gasteiger partial charge in [-0.1, -0.05) is 60.7 Å². The Morgan fingerprint density at radius 3 is 1.86 bits per heavy atom. The van der Waals surface area contributed by atoms with Gasteiger partial charge in [0.05, 0.1) is 0 Å². The highest BCUT2D eigenvalue weighted by atomic mass is 15.2. The Labute approximate surface area is 127 Å². The molecule has 0 amide bonds. The summed E-state index contributed by atoms with van der Waals surface area (Å²) < 4.78 is 0. The van der Waals surface area contributed by atoms with E-state index < -0.39 is 0 Å². The lowest BCUT2D eigenvalue weighted by atomic mass is 9.88. The monoisotopic (exact) mass is 280 g/mol. The maximum atomic E-state index is 3.42. The zero-order valence-electron chi connectivity index (χ0n) is 12.5. The largest absolute Gasteiger partial charge is 0.314 e. The highest BCUT2D eigenvalue weighted by Gasteiger charge is 2.16. The van der Waals surface area contributed by atoms with Crippen LogP contribution in [-0.4, -0.2) is 37.6 Å². The third kappa shape index (κ3) is 3.93. The lowest BCUT2D eigenvalue weighted by Gasteiger charge is -2.29. The Morgan fingerprint density at radius 2 is 1.33 bits per heavy atom. The van der Waals surface area contributed by atoms with Crippen molar-refractivity contribution >= 4 is 0 Å². The molecule has 1 heterocycles. The molecule has 21 heavy (non-hydrogen) atoms. The molecule has 0 aromatic heterocycles. The van der Waals surface area contributed by atoms with Gasteiger partial charge in [-0.15, -0.1) is 0 Å². The number of hydrogen-bond donors (Lipinski definition) is 1. The van der Waals surface area contributed by atoms with E-state index in [2.05, 4.69) is 70.9 Å². The van der Waals surface area contributed by atoms with Crippen molar-refractivity contribution < 1.29 is 0 Å². The van der Waals surface area contributed by atoms with Crippen LogP contribution in [0.15, 0.2) is 60.7 Å². The van der Waals surface area contributed by atoms with Crippen LogP contribution in [0.5, 0.6) is 0 Å². The molecule has 2 heteroatoms. The van der Waals surface area contributed by atoms with E-state index in [0.717, 1.165) is 13.1 Å². The molecule has 0 unspecified atom stereocenters. The first kappa shape index (κ1) is 14.3. The maximum Gasteiger partial charge on any atom is 0.0107 e. The molecule has 0 atom stereocenters. The molecule has 0 spiro atoms. The molecule has 1 N–H and O–H groups in total. The van der Waals surface area contributed by atoms with Gasteiger partial charge < -0.3 is 10.2 Å². The fourth-order valence-corrected chi connectivity index (χ4v) is 3.14. The minimum Gasteiger partial charge on any atom is -0.314 e. The zero-order chi connectivity index (χ0) is 14.3. The molecule has 0 aliphatic carbocycles. The zero-order valence-corrected chi connectivity index (χ0v) is 12.5. The van der Waals surface area contributed by atoms with Crippen LogP contribution in [0.3, 0.4) is 0 Å². The molecular formula is C19H24N2. The van der Waals surface area contributed by atoms with Crippen LogP contribution in [0.4, 0.5) is 0 Å². The standard InChI is InChI=1S/C19H24N2/c1-3-7-17(8-4-1)19(18-9-5-2-6-10-18)11-14-21-15-12-20-13-16-21/h1-10,19-20H,11-16H2. The van der Waals surface area contributed by atoms with Gasteiger partial charge in [-0.25, -0.2) is 0 Å². The molecule has 1 saturated heterocycles. The van der Waals surface area contributed by atoms with Crippen LogP contribution in [0, 0.1) is 0 Å². The Hall–Kier alpha value is -1.64. The van der Waals surface area contributed by atoms with E-state index in [1.165, 1.54) is 37.2 Å². The van der Waals surface area contributed by atoms with E-state index in [4.69, 9.17) is 0 Å². The first-order valence-corrected chi connectivity index (χ1v) is 7.96. The van der Waals surface area contributed by atoms with Gasteiger partial charge in [-0.05, 0) is 24.1 Å². The van der Waals surface area contributed by atoms with E-state index >= 15 is 0 Å². The summed E-state index contributed by atoms with van der Waals surface area (Å²) in [5, 5.41) is 3.42. The van der Waals surface area contributed by atoms with E-state index in [-0.39, 0.29) is 0 Å². The van der Waals surface area contributed by atoms with E-state index in [0.29, 0.717) is 5.92 Å². The molecule has 110 valence electrons. The fourth-order valence-electron chi connectivity index (χ4n) is 3.14. The highest BCUT2D eigenvalue weighted by molar-refractivity contribution is 5.32. The lowest BCUT2D eigenvalue weighted by molar-refractivity contribution is 0.235. The van der Waals surface area contributed by atoms with Crippen molar-refractivity contribution in [2.75, 3.05) is 32.7 Å². The van der Waals surface area contributed by atoms with Crippen LogP contribution < -0.4 is 5.32 Å². The molecule has 2 nitrogen and oxygen atoms in total. The van der Waals surface area contributed by atoms with Crippen molar-refractivity contribution in [1.82, 2.24) is 10.2 Å². The summed E-state index contributed by atoms with van der Waals surface area (Å²) in [6.07, 6.45) is 1.19. The second kappa shape index (κ2) is 7.39. The number of piperazine rings is 1. The summed E-state index contributed by atoms with van der Waals surface area (Å²) in [6, 6.07) is 21.8. The molecule has 1 aliphatic heterocycles. The third-order valence-electron chi connectivity index (χ3n) is 4.35. The third-order valence-corrected chi connectivity index (χ3v) is 4.35. The van der Waals surface area contributed by atoms with Gasteiger partial charge >= 0.3 is 0 Å². The van der Waals surface area contributed by atoms with Crippen molar-refractivity contribution in [2.24, 2.45) is 0 Å². The van der Waals surface area contributed by atoms with Gasteiger partial charge in [0, 0.05) is 32.1 Å². The van der Waals surface area contributed by atoms with Gasteiger partial charge in [0.1, 0.15) is 0 Å². The summed E-state index contributed by atoms with van der Waals surface area (Å²) in [5.41, 5.74) is 2.86. The normalized spacial score (nSPS) is 16.2. The van der Waals surface area contributed by atoms with Crippen molar-refractivity contribution in [3.8, 4) is 0 Å². The second-order valence-electron chi connectivity index (χ2n) is 5.75. The average Bonchev–Trinajstić information content (AvgIpc) is 2.58. The lowest BCUT2D eigenvalue weighted by Crippen LogP contribution is -2.44. The molecule has 0 radical (unpaired) electrons.